The van der Waals surface area contributed by atoms with Crippen molar-refractivity contribution in [3.05, 3.63) is 53.7 Å². The summed E-state index contributed by atoms with van der Waals surface area (Å²) in [5.41, 5.74) is 0. The molecule has 0 fully saturated rings. The topological polar surface area (TPSA) is 0 Å². The molecule has 3 rings (SSSR count). The van der Waals surface area contributed by atoms with E-state index in [0.29, 0.717) is 0 Å². The molecule has 0 aromatic heterocycles. The predicted octanol–water partition coefficient (Wildman–Crippen LogP) is 3.51. The van der Waals surface area contributed by atoms with Crippen LogP contribution in [0.2, 0.25) is 0 Å². The van der Waals surface area contributed by atoms with E-state index >= 15 is 0 Å². The van der Waals surface area contributed by atoms with Gasteiger partial charge < -0.3 is 0 Å². The lowest BCUT2D eigenvalue weighted by Gasteiger charge is -2.05. The van der Waals surface area contributed by atoms with E-state index in [0.717, 1.165) is 0 Å². The summed E-state index contributed by atoms with van der Waals surface area (Å²) in [5, 5.41) is 6.71. The summed E-state index contributed by atoms with van der Waals surface area (Å²) < 4.78 is 0. The van der Waals surface area contributed by atoms with Crippen molar-refractivity contribution in [2.75, 3.05) is 0 Å². The van der Waals surface area contributed by atoms with Gasteiger partial charge >= 0.3 is 0 Å². The third-order valence-corrected chi connectivity index (χ3v) is 3.00. The maximum atomic E-state index is 2.20. The first kappa shape index (κ1) is 8.49. The first-order valence-corrected chi connectivity index (χ1v) is 5.26. The lowest BCUT2D eigenvalue weighted by molar-refractivity contribution is 1.68. The van der Waals surface area contributed by atoms with Crippen molar-refractivity contribution >= 4 is 27.6 Å². The summed E-state index contributed by atoms with van der Waals surface area (Å²) in [4.78, 5) is 0. The van der Waals surface area contributed by atoms with Crippen LogP contribution in [0.5, 0.6) is 0 Å². The molecule has 0 atom stereocenters. The average Bonchev–Trinajstić information content (AvgIpc) is 2.30. The van der Waals surface area contributed by atoms with E-state index in [9.17, 15) is 0 Å². The number of hydrogen-bond donors (Lipinski definition) is 0. The van der Waals surface area contributed by atoms with Crippen molar-refractivity contribution in [2.45, 2.75) is 6.92 Å². The Labute approximate surface area is 88.8 Å². The molecule has 0 unspecified atom stereocenters. The van der Waals surface area contributed by atoms with Crippen LogP contribution >= 0.6 is 0 Å². The Morgan fingerprint density at radius 2 is 1.47 bits per heavy atom. The Morgan fingerprint density at radius 3 is 2.20 bits per heavy atom. The fourth-order valence-corrected chi connectivity index (χ4v) is 2.27. The van der Waals surface area contributed by atoms with Crippen LogP contribution in [0.15, 0.2) is 48.5 Å². The minimum atomic E-state index is 1.32. The second-order valence-electron chi connectivity index (χ2n) is 3.83. The molecule has 0 aliphatic carbocycles. The Kier molecular flexibility index (Phi) is 1.75. The molecular formula is C15H12. The van der Waals surface area contributed by atoms with E-state index in [1.165, 1.54) is 26.8 Å². The Hall–Kier alpha value is -1.82. The van der Waals surface area contributed by atoms with Gasteiger partial charge in [-0.05, 0) is 33.7 Å². The van der Waals surface area contributed by atoms with Crippen LogP contribution in [-0.4, -0.2) is 0 Å². The number of benzene rings is 3. The monoisotopic (exact) mass is 192 g/mol. The van der Waals surface area contributed by atoms with Gasteiger partial charge in [0.2, 0.25) is 0 Å². The van der Waals surface area contributed by atoms with E-state index in [-0.39, 0.29) is 0 Å². The quantitative estimate of drug-likeness (QED) is 0.511. The van der Waals surface area contributed by atoms with Crippen molar-refractivity contribution in [3.63, 3.8) is 0 Å². The van der Waals surface area contributed by atoms with Crippen molar-refractivity contribution in [2.24, 2.45) is 0 Å². The van der Waals surface area contributed by atoms with Gasteiger partial charge in [0.1, 0.15) is 0 Å². The number of rotatable bonds is 0. The lowest BCUT2D eigenvalue weighted by atomic mass is 9.99. The van der Waals surface area contributed by atoms with E-state index in [1.54, 1.807) is 0 Å². The molecule has 0 aliphatic rings. The third kappa shape index (κ3) is 1.15. The fraction of sp³-hybridized carbons (Fsp3) is 0.0667. The largest absolute Gasteiger partial charge is 0.0798 e. The van der Waals surface area contributed by atoms with Gasteiger partial charge in [-0.15, -0.1) is 0 Å². The normalized spacial score (nSPS) is 12.7. The standard InChI is InChI=1S/C15H12/c1-2-11-9-10-13-6-3-5-12-7-4-8-14(11)15(12)13/h2-10H,1H3. The van der Waals surface area contributed by atoms with Crippen LogP contribution in [-0.2, 0) is 0 Å². The Balaban J connectivity index is 2.73. The molecule has 0 bridgehead atoms. The minimum Gasteiger partial charge on any atom is -0.0798 e. The van der Waals surface area contributed by atoms with Gasteiger partial charge in [0.15, 0.2) is 0 Å². The molecule has 0 heterocycles. The summed E-state index contributed by atoms with van der Waals surface area (Å²) >= 11 is 0. The molecule has 0 aliphatic heterocycles. The first-order chi connectivity index (χ1) is 7.40. The van der Waals surface area contributed by atoms with Gasteiger partial charge in [-0.3, -0.25) is 0 Å². The molecule has 0 radical (unpaired) electrons. The molecule has 0 N–H and O–H groups in total. The van der Waals surface area contributed by atoms with Crippen LogP contribution in [0.3, 0.4) is 0 Å². The lowest BCUT2D eigenvalue weighted by Crippen LogP contribution is -2.00. The molecule has 0 saturated carbocycles. The van der Waals surface area contributed by atoms with Crippen molar-refractivity contribution in [3.8, 4) is 0 Å². The smallest absolute Gasteiger partial charge is 0.00330 e. The van der Waals surface area contributed by atoms with Gasteiger partial charge in [-0.25, -0.2) is 0 Å². The van der Waals surface area contributed by atoms with Crippen molar-refractivity contribution < 1.29 is 0 Å². The van der Waals surface area contributed by atoms with Gasteiger partial charge in [0.25, 0.3) is 0 Å². The molecule has 0 spiro atoms. The van der Waals surface area contributed by atoms with E-state index in [1.807, 2.05) is 0 Å². The first-order valence-electron chi connectivity index (χ1n) is 5.26. The zero-order chi connectivity index (χ0) is 10.3. The molecule has 0 heteroatoms. The fourth-order valence-electron chi connectivity index (χ4n) is 2.27. The molecule has 0 nitrogen and oxygen atoms in total. The third-order valence-electron chi connectivity index (χ3n) is 3.00. The van der Waals surface area contributed by atoms with Crippen LogP contribution in [0.1, 0.15) is 6.92 Å². The van der Waals surface area contributed by atoms with Gasteiger partial charge in [-0.2, -0.15) is 0 Å². The highest BCUT2D eigenvalue weighted by Crippen LogP contribution is 2.23. The number of hydrogen-bond acceptors (Lipinski definition) is 0. The Morgan fingerprint density at radius 1 is 0.800 bits per heavy atom. The second-order valence-corrected chi connectivity index (χ2v) is 3.83. The van der Waals surface area contributed by atoms with Crippen molar-refractivity contribution in [1.29, 1.82) is 0 Å². The van der Waals surface area contributed by atoms with Gasteiger partial charge in [0, 0.05) is 0 Å². The zero-order valence-electron chi connectivity index (χ0n) is 8.70. The van der Waals surface area contributed by atoms with Crippen LogP contribution in [0.4, 0.5) is 0 Å². The summed E-state index contributed by atoms with van der Waals surface area (Å²) in [5.74, 6) is 0. The average molecular weight is 192 g/mol. The molecule has 0 saturated heterocycles. The van der Waals surface area contributed by atoms with E-state index in [4.69, 9.17) is 0 Å². The molecule has 15 heavy (non-hydrogen) atoms. The van der Waals surface area contributed by atoms with Gasteiger partial charge in [0.05, 0.1) is 0 Å². The SMILES string of the molecule is CC=c1ccc2cccc3cccc1c32. The molecule has 3 aromatic carbocycles. The summed E-state index contributed by atoms with van der Waals surface area (Å²) in [6.07, 6.45) is 2.17. The maximum Gasteiger partial charge on any atom is -0.00330 e. The molecular weight excluding hydrogens is 180 g/mol. The summed E-state index contributed by atoms with van der Waals surface area (Å²) in [6.45, 7) is 2.09. The molecule has 72 valence electrons. The summed E-state index contributed by atoms with van der Waals surface area (Å²) in [7, 11) is 0. The van der Waals surface area contributed by atoms with Crippen LogP contribution in [0.25, 0.3) is 27.6 Å². The predicted molar refractivity (Wildman–Crippen MR) is 66.8 cm³/mol. The highest BCUT2D eigenvalue weighted by atomic mass is 14.0. The zero-order valence-corrected chi connectivity index (χ0v) is 8.70. The molecule has 3 aromatic rings. The molecule has 0 amide bonds. The maximum absolute atomic E-state index is 2.20. The van der Waals surface area contributed by atoms with Crippen molar-refractivity contribution in [1.82, 2.24) is 0 Å². The highest BCUT2D eigenvalue weighted by Gasteiger charge is 2.00. The second kappa shape index (κ2) is 3.09. The minimum absolute atomic E-state index is 1.32. The van der Waals surface area contributed by atoms with E-state index < -0.39 is 0 Å². The Bertz CT molecular complexity index is 655. The van der Waals surface area contributed by atoms with Crippen LogP contribution in [0, 0.1) is 0 Å². The highest BCUT2D eigenvalue weighted by molar-refractivity contribution is 6.10. The summed E-state index contributed by atoms with van der Waals surface area (Å²) in [6, 6.07) is 17.4. The van der Waals surface area contributed by atoms with Crippen LogP contribution < -0.4 is 5.22 Å². The van der Waals surface area contributed by atoms with Gasteiger partial charge in [-0.1, -0.05) is 54.6 Å². The van der Waals surface area contributed by atoms with E-state index in [2.05, 4.69) is 61.5 Å².